The molecule has 98 heavy (non-hydrogen) atoms. The number of pyridine rings is 1. The Morgan fingerprint density at radius 2 is 1.52 bits per heavy atom. The number of fused-ring (bicyclic) bond motifs is 15. The fourth-order valence-electron chi connectivity index (χ4n) is 11.7. The maximum atomic E-state index is 15.2. The van der Waals surface area contributed by atoms with Crippen molar-refractivity contribution in [3.63, 3.8) is 0 Å². The summed E-state index contributed by atoms with van der Waals surface area (Å²) in [6, 6.07) is 0.628. The third-order valence-corrected chi connectivity index (χ3v) is 20.8. The summed E-state index contributed by atoms with van der Waals surface area (Å²) in [4.78, 5) is 144. The third kappa shape index (κ3) is 13.4. The van der Waals surface area contributed by atoms with Crippen molar-refractivity contribution < 1.29 is 87.3 Å². The maximum absolute atomic E-state index is 15.2. The Balaban J connectivity index is 1.04. The van der Waals surface area contributed by atoms with Crippen LogP contribution in [0.3, 0.4) is 0 Å². The predicted molar refractivity (Wildman–Crippen MR) is 350 cm³/mol. The topological polar surface area (TPSA) is 445 Å². The molecule has 1 aromatic carbocycles. The first-order valence-corrected chi connectivity index (χ1v) is 34.1. The lowest BCUT2D eigenvalue weighted by Crippen LogP contribution is -2.62. The van der Waals surface area contributed by atoms with E-state index >= 15 is 14.4 Å². The molecule has 12 bridgehead atoms. The summed E-state index contributed by atoms with van der Waals surface area (Å²) in [5.74, 6) is -8.28. The van der Waals surface area contributed by atoms with Crippen molar-refractivity contribution >= 4 is 121 Å². The van der Waals surface area contributed by atoms with Crippen molar-refractivity contribution in [3.8, 4) is 38.4 Å². The van der Waals surface area contributed by atoms with Crippen LogP contribution in [0.5, 0.6) is 5.75 Å². The SMILES string of the molecule is C=C(NC(=O)c1csc(-c2nc3c(cc2O)-c2nc(cs2)C(=O)N[C@H]([C@H](C)O)C(=O)NC(=C(C)OC)c2nc(cs2)C(=O)N[C@@H]2c4nc(cs4)C(=O)N[C@H](COC(=O)c4c5c6c(cccc6n4O)COC(=O)[C@H](O[C@H]4C[C@@](C)(O)[C@H](N(C)C)[C@@H](C)O4)[C@@H]2OC5)c2nc-3cs2)n1)C(N)=O. The Hall–Kier alpha value is -9.54. The largest absolute Gasteiger partial charge is 0.506 e. The third-order valence-electron chi connectivity index (χ3n) is 16.3. The number of likely N-dealkylation sites (N-methyl/N-ethyl adjacent to an activating group) is 1. The Morgan fingerprint density at radius 3 is 2.23 bits per heavy atom. The average molecular weight is 1440 g/mol. The van der Waals surface area contributed by atoms with E-state index in [-0.39, 0.29) is 105 Å². The molecule has 0 unspecified atom stereocenters. The van der Waals surface area contributed by atoms with E-state index in [4.69, 9.17) is 49.1 Å². The normalized spacial score (nSPS) is 24.0. The molecule has 512 valence electrons. The summed E-state index contributed by atoms with van der Waals surface area (Å²) >= 11 is 4.46. The van der Waals surface area contributed by atoms with Crippen LogP contribution in [0.4, 0.5) is 0 Å². The molecule has 0 aliphatic carbocycles. The predicted octanol–water partition coefficient (Wildman–Crippen LogP) is 3.89. The van der Waals surface area contributed by atoms with E-state index in [0.29, 0.717) is 10.3 Å². The fourth-order valence-corrected chi connectivity index (χ4v) is 15.9. The number of hydrogen-bond acceptors (Lipinski definition) is 30. The standard InChI is InChI=1S/C61H60N14O18S5/c1-22(48(62)78)63-49(79)31-19-97-57(68-31)42-36(77)12-27-41(70-42)30-17-95-55(65-30)29-16-91-59(84)44-28-15-89-45(46(93-37-13-61(5,86)47(74(6)7)25(4)92-37)60(85)90-14-26-10-9-11-35(38(26)28)75(44)87)43(58-69-32(20-98-58)50(80)64-29)73-52(82)34-21-96-56(67-34)40(24(3)88-8)72-53(83)39(23(2)76)71-51(81)33-18-94-54(27)66-33/h9-12,17-21,23,25,29,37,39,43,45-47,76-77,86-87H,1,13-16H2,2-8H3,(H2,62,78)(H,63,79)(H,64,80)(H,71,81)(H,72,83)(H,73,82)/t23-,25+,29+,37-,39+,43-,45+,46+,47+,61+/m0/s1. The quantitative estimate of drug-likeness (QED) is 0.0424. The molecule has 1 fully saturated rings. The first-order valence-electron chi connectivity index (χ1n) is 29.7. The molecule has 8 aromatic rings. The number of primary amides is 1. The number of esters is 2. The highest BCUT2D eigenvalue weighted by Crippen LogP contribution is 2.43. The van der Waals surface area contributed by atoms with Crippen molar-refractivity contribution in [3.05, 3.63) is 124 Å². The number of benzene rings is 1. The molecule has 0 spiro atoms. The number of aliphatic hydroxyl groups excluding tert-OH is 1. The van der Waals surface area contributed by atoms with E-state index in [1.165, 1.54) is 60.0 Å². The van der Waals surface area contributed by atoms with Gasteiger partial charge in [0.15, 0.2) is 18.1 Å². The van der Waals surface area contributed by atoms with Gasteiger partial charge < -0.3 is 86.2 Å². The monoisotopic (exact) mass is 1440 g/mol. The highest BCUT2D eigenvalue weighted by Gasteiger charge is 2.50. The lowest BCUT2D eigenvalue weighted by molar-refractivity contribution is -0.280. The summed E-state index contributed by atoms with van der Waals surface area (Å²) in [5.41, 5.74) is 2.00. The lowest BCUT2D eigenvalue weighted by Gasteiger charge is -2.48. The van der Waals surface area contributed by atoms with Crippen LogP contribution in [-0.4, -0.2) is 184 Å². The molecule has 7 aromatic heterocycles. The van der Waals surface area contributed by atoms with Gasteiger partial charge in [0, 0.05) is 49.8 Å². The summed E-state index contributed by atoms with van der Waals surface area (Å²) < 4.78 is 38.2. The molecule has 0 saturated carbocycles. The molecule has 32 nitrogen and oxygen atoms in total. The number of aromatic hydroxyl groups is 1. The lowest BCUT2D eigenvalue weighted by atomic mass is 9.85. The summed E-state index contributed by atoms with van der Waals surface area (Å²) in [6.45, 7) is 7.68. The number of aliphatic hydroxyl groups is 2. The van der Waals surface area contributed by atoms with Crippen LogP contribution in [0.15, 0.2) is 69.2 Å². The number of rotatable bonds is 9. The second-order valence-electron chi connectivity index (χ2n) is 23.3. The molecule has 6 amide bonds. The smallest absolute Gasteiger partial charge is 0.358 e. The molecule has 12 rings (SSSR count). The number of nitrogens with zero attached hydrogens (tertiary/aromatic N) is 8. The number of carbonyl (C=O) groups excluding carboxylic acids is 8. The second-order valence-corrected chi connectivity index (χ2v) is 27.7. The molecular formula is C61H60N14O18S5. The van der Waals surface area contributed by atoms with E-state index in [0.717, 1.165) is 56.7 Å². The zero-order valence-corrected chi connectivity index (χ0v) is 56.7. The molecule has 4 aliphatic heterocycles. The average Bonchev–Trinajstić information content (AvgIpc) is 1.57. The van der Waals surface area contributed by atoms with Gasteiger partial charge in [-0.15, -0.1) is 56.7 Å². The number of carbonyl (C=O) groups is 8. The van der Waals surface area contributed by atoms with E-state index in [2.05, 4.69) is 48.1 Å². The number of methoxy groups -OCH3 is 1. The minimum absolute atomic E-state index is 0.00915. The fraction of sp³-hybridized carbons (Fsp3) is 0.344. The van der Waals surface area contributed by atoms with Gasteiger partial charge in [-0.1, -0.05) is 18.7 Å². The van der Waals surface area contributed by atoms with Crippen molar-refractivity contribution in [1.82, 2.24) is 66.1 Å². The van der Waals surface area contributed by atoms with Crippen molar-refractivity contribution in [1.29, 1.82) is 0 Å². The van der Waals surface area contributed by atoms with Crippen LogP contribution < -0.4 is 32.3 Å². The highest BCUT2D eigenvalue weighted by atomic mass is 32.1. The van der Waals surface area contributed by atoms with E-state index < -0.39 is 145 Å². The Bertz CT molecular complexity index is 4610. The first kappa shape index (κ1) is 68.4. The number of amides is 6. The number of hydrogen-bond donors (Lipinski definition) is 10. The van der Waals surface area contributed by atoms with Crippen molar-refractivity contribution in [2.24, 2.45) is 5.73 Å². The zero-order chi connectivity index (χ0) is 69.9. The molecule has 10 atom stereocenters. The summed E-state index contributed by atoms with van der Waals surface area (Å²) in [7, 11) is 4.83. The van der Waals surface area contributed by atoms with Crippen LogP contribution in [0.1, 0.15) is 125 Å². The van der Waals surface area contributed by atoms with Gasteiger partial charge in [0.25, 0.3) is 29.5 Å². The van der Waals surface area contributed by atoms with E-state index in [9.17, 15) is 44.5 Å². The number of cyclic esters (lactones) is 2. The van der Waals surface area contributed by atoms with E-state index in [1.807, 2.05) is 0 Å². The van der Waals surface area contributed by atoms with Crippen molar-refractivity contribution in [2.75, 3.05) is 27.8 Å². The molecule has 11 N–H and O–H groups in total. The second kappa shape index (κ2) is 27.4. The van der Waals surface area contributed by atoms with Crippen LogP contribution in [0, 0.1) is 0 Å². The van der Waals surface area contributed by atoms with E-state index in [1.54, 1.807) is 45.0 Å². The van der Waals surface area contributed by atoms with Gasteiger partial charge in [0.1, 0.15) is 120 Å². The molecule has 11 heterocycles. The van der Waals surface area contributed by atoms with Gasteiger partial charge in [-0.05, 0) is 59.5 Å². The number of aromatic nitrogens is 7. The molecule has 0 radical (unpaired) electrons. The molecular weight excluding hydrogens is 1380 g/mol. The zero-order valence-electron chi connectivity index (χ0n) is 52.6. The van der Waals surface area contributed by atoms with Gasteiger partial charge in [-0.25, -0.2) is 39.5 Å². The minimum atomic E-state index is -1.92. The number of nitrogens with one attached hydrogen (secondary N) is 5. The van der Waals surface area contributed by atoms with Crippen LogP contribution >= 0.6 is 56.7 Å². The van der Waals surface area contributed by atoms with Crippen LogP contribution in [-0.2, 0) is 56.0 Å². The maximum Gasteiger partial charge on any atom is 0.358 e. The van der Waals surface area contributed by atoms with Crippen LogP contribution in [0.2, 0.25) is 0 Å². The van der Waals surface area contributed by atoms with Crippen molar-refractivity contribution in [2.45, 2.75) is 108 Å². The molecule has 1 saturated heterocycles. The minimum Gasteiger partial charge on any atom is -0.506 e. The number of thiazole rings is 5. The van der Waals surface area contributed by atoms with Gasteiger partial charge in [-0.3, -0.25) is 28.8 Å². The summed E-state index contributed by atoms with van der Waals surface area (Å²) in [5, 5.41) is 67.4. The number of allylic oxidation sites excluding steroid dienone is 1. The van der Waals surface area contributed by atoms with Gasteiger partial charge in [0.05, 0.1) is 48.8 Å². The Morgan fingerprint density at radius 1 is 0.857 bits per heavy atom. The van der Waals surface area contributed by atoms with Gasteiger partial charge >= 0.3 is 11.9 Å². The number of nitrogens with two attached hydrogens (primary N) is 1. The Labute approximate surface area is 574 Å². The highest BCUT2D eigenvalue weighted by molar-refractivity contribution is 7.14. The van der Waals surface area contributed by atoms with Gasteiger partial charge in [-0.2, -0.15) is 4.73 Å². The Kier molecular flexibility index (Phi) is 19.1. The number of ether oxygens (including phenoxy) is 6. The molecule has 4 aliphatic rings. The van der Waals surface area contributed by atoms with Crippen LogP contribution in [0.25, 0.3) is 49.3 Å². The molecule has 37 heteroatoms. The summed E-state index contributed by atoms with van der Waals surface area (Å²) in [6.07, 6.45) is -7.56. The first-order chi connectivity index (χ1) is 46.7. The van der Waals surface area contributed by atoms with Gasteiger partial charge in [0.2, 0.25) is 5.91 Å².